The quantitative estimate of drug-likeness (QED) is 0.660. The van der Waals surface area contributed by atoms with Crippen LogP contribution in [-0.4, -0.2) is 24.2 Å². The lowest BCUT2D eigenvalue weighted by Crippen LogP contribution is -2.35. The highest BCUT2D eigenvalue weighted by Crippen LogP contribution is 2.21. The van der Waals surface area contributed by atoms with Gasteiger partial charge in [-0.05, 0) is 43.8 Å². The first-order chi connectivity index (χ1) is 8.97. The van der Waals surface area contributed by atoms with Crippen molar-refractivity contribution in [3.63, 3.8) is 0 Å². The Kier molecular flexibility index (Phi) is 6.05. The summed E-state index contributed by atoms with van der Waals surface area (Å²) in [5, 5.41) is 6.99. The van der Waals surface area contributed by atoms with E-state index < -0.39 is 5.97 Å². The first kappa shape index (κ1) is 15.7. The zero-order valence-electron chi connectivity index (χ0n) is 11.1. The average molecular weight is 301 g/mol. The predicted molar refractivity (Wildman–Crippen MR) is 81.9 cm³/mol. The Morgan fingerprint density at radius 3 is 2.79 bits per heavy atom. The van der Waals surface area contributed by atoms with E-state index >= 15 is 0 Å². The molecule has 6 heteroatoms. The van der Waals surface area contributed by atoms with Crippen LogP contribution in [0.25, 0.3) is 0 Å². The molecule has 0 spiro atoms. The molecular weight excluding hydrogens is 284 g/mol. The highest BCUT2D eigenvalue weighted by Gasteiger charge is 2.12. The molecule has 0 radical (unpaired) electrons. The van der Waals surface area contributed by atoms with Gasteiger partial charge in [0, 0.05) is 11.7 Å². The molecule has 0 saturated heterocycles. The average Bonchev–Trinajstić information content (AvgIpc) is 2.39. The lowest BCUT2D eigenvalue weighted by molar-refractivity contribution is 0.0601. The number of carbonyl (C=O) groups excluding carboxylic acids is 1. The van der Waals surface area contributed by atoms with Gasteiger partial charge in [0.15, 0.2) is 5.11 Å². The van der Waals surface area contributed by atoms with Crippen molar-refractivity contribution in [2.24, 2.45) is 0 Å². The molecule has 1 unspecified atom stereocenters. The zero-order chi connectivity index (χ0) is 14.4. The van der Waals surface area contributed by atoms with Crippen LogP contribution in [0.15, 0.2) is 18.2 Å². The van der Waals surface area contributed by atoms with Crippen LogP contribution in [0.3, 0.4) is 0 Å². The van der Waals surface area contributed by atoms with E-state index in [9.17, 15) is 4.79 Å². The van der Waals surface area contributed by atoms with Crippen LogP contribution in [0.1, 0.15) is 30.6 Å². The normalized spacial score (nSPS) is 11.6. The summed E-state index contributed by atoms with van der Waals surface area (Å²) >= 11 is 11.1. The number of methoxy groups -OCH3 is 1. The van der Waals surface area contributed by atoms with Crippen LogP contribution >= 0.6 is 23.8 Å². The molecule has 0 aliphatic rings. The fourth-order valence-electron chi connectivity index (χ4n) is 1.36. The van der Waals surface area contributed by atoms with Crippen molar-refractivity contribution in [1.29, 1.82) is 0 Å². The summed E-state index contributed by atoms with van der Waals surface area (Å²) in [6, 6.07) is 5.27. The predicted octanol–water partition coefficient (Wildman–Crippen LogP) is 3.21. The van der Waals surface area contributed by atoms with Crippen LogP contribution in [0.4, 0.5) is 5.69 Å². The van der Waals surface area contributed by atoms with Crippen LogP contribution in [-0.2, 0) is 4.74 Å². The maximum absolute atomic E-state index is 11.5. The number of nitrogens with one attached hydrogen (secondary N) is 2. The molecule has 0 fully saturated rings. The fraction of sp³-hybridized carbons (Fsp3) is 0.385. The maximum Gasteiger partial charge on any atom is 0.339 e. The number of rotatable bonds is 4. The second-order valence-electron chi connectivity index (χ2n) is 4.09. The van der Waals surface area contributed by atoms with Crippen LogP contribution < -0.4 is 10.6 Å². The molecule has 19 heavy (non-hydrogen) atoms. The van der Waals surface area contributed by atoms with E-state index in [0.29, 0.717) is 21.4 Å². The van der Waals surface area contributed by atoms with Gasteiger partial charge >= 0.3 is 5.97 Å². The number of carbonyl (C=O) groups is 1. The molecule has 0 amide bonds. The van der Waals surface area contributed by atoms with Gasteiger partial charge in [0.25, 0.3) is 0 Å². The molecule has 0 saturated carbocycles. The van der Waals surface area contributed by atoms with Crippen molar-refractivity contribution in [2.45, 2.75) is 26.3 Å². The van der Waals surface area contributed by atoms with E-state index in [1.807, 2.05) is 6.92 Å². The SMILES string of the molecule is CCC(C)NC(=S)Nc1ccc(Cl)c(C(=O)OC)c1. The number of thiocarbonyl (C=S) groups is 1. The number of ether oxygens (including phenoxy) is 1. The minimum atomic E-state index is -0.477. The van der Waals surface area contributed by atoms with Crippen LogP contribution in [0, 0.1) is 0 Å². The van der Waals surface area contributed by atoms with Gasteiger partial charge in [-0.2, -0.15) is 0 Å². The third-order valence-electron chi connectivity index (χ3n) is 2.62. The summed E-state index contributed by atoms with van der Waals surface area (Å²) in [6.45, 7) is 4.10. The molecule has 0 aliphatic carbocycles. The lowest BCUT2D eigenvalue weighted by Gasteiger charge is -2.15. The molecule has 1 atom stereocenters. The minimum absolute atomic E-state index is 0.285. The Hall–Kier alpha value is -1.33. The van der Waals surface area contributed by atoms with Gasteiger partial charge in [-0.15, -0.1) is 0 Å². The maximum atomic E-state index is 11.5. The molecule has 1 rings (SSSR count). The Labute approximate surface area is 123 Å². The largest absolute Gasteiger partial charge is 0.465 e. The van der Waals surface area contributed by atoms with Crippen molar-refractivity contribution in [3.05, 3.63) is 28.8 Å². The lowest BCUT2D eigenvalue weighted by atomic mass is 10.2. The number of esters is 1. The number of benzene rings is 1. The Bertz CT molecular complexity index is 480. The summed E-state index contributed by atoms with van der Waals surface area (Å²) in [7, 11) is 1.31. The van der Waals surface area contributed by atoms with E-state index in [2.05, 4.69) is 22.3 Å². The second-order valence-corrected chi connectivity index (χ2v) is 4.91. The summed E-state index contributed by atoms with van der Waals surface area (Å²) in [4.78, 5) is 11.5. The molecule has 0 aliphatic heterocycles. The van der Waals surface area contributed by atoms with Gasteiger partial charge in [-0.25, -0.2) is 4.79 Å². The van der Waals surface area contributed by atoms with Gasteiger partial charge in [0.1, 0.15) is 0 Å². The third-order valence-corrected chi connectivity index (χ3v) is 3.17. The molecule has 104 valence electrons. The zero-order valence-corrected chi connectivity index (χ0v) is 12.7. The van der Waals surface area contributed by atoms with Gasteiger partial charge < -0.3 is 15.4 Å². The molecular formula is C13H17ClN2O2S. The van der Waals surface area contributed by atoms with Crippen molar-refractivity contribution in [3.8, 4) is 0 Å². The van der Waals surface area contributed by atoms with Gasteiger partial charge in [0.05, 0.1) is 17.7 Å². The van der Waals surface area contributed by atoms with Crippen molar-refractivity contribution >= 4 is 40.6 Å². The monoisotopic (exact) mass is 300 g/mol. The first-order valence-corrected chi connectivity index (χ1v) is 6.72. The van der Waals surface area contributed by atoms with Crippen LogP contribution in [0.2, 0.25) is 5.02 Å². The molecule has 4 nitrogen and oxygen atoms in total. The van der Waals surface area contributed by atoms with E-state index in [1.54, 1.807) is 18.2 Å². The standard InChI is InChI=1S/C13H17ClN2O2S/c1-4-8(2)15-13(19)16-9-5-6-11(14)10(7-9)12(17)18-3/h5-8H,4H2,1-3H3,(H2,15,16,19). The van der Waals surface area contributed by atoms with Crippen LogP contribution in [0.5, 0.6) is 0 Å². The highest BCUT2D eigenvalue weighted by molar-refractivity contribution is 7.80. The molecule has 1 aromatic rings. The number of halogens is 1. The summed E-state index contributed by atoms with van der Waals surface area (Å²) in [5.74, 6) is -0.477. The van der Waals surface area contributed by atoms with Crippen molar-refractivity contribution in [1.82, 2.24) is 5.32 Å². The highest BCUT2D eigenvalue weighted by atomic mass is 35.5. The second kappa shape index (κ2) is 7.31. The fourth-order valence-corrected chi connectivity index (χ4v) is 1.88. The molecule has 2 N–H and O–H groups in total. The molecule has 0 heterocycles. The first-order valence-electron chi connectivity index (χ1n) is 5.93. The van der Waals surface area contributed by atoms with E-state index in [0.717, 1.165) is 6.42 Å². The minimum Gasteiger partial charge on any atom is -0.465 e. The topological polar surface area (TPSA) is 50.4 Å². The van der Waals surface area contributed by atoms with E-state index in [4.69, 9.17) is 23.8 Å². The third kappa shape index (κ3) is 4.69. The summed E-state index contributed by atoms with van der Waals surface area (Å²) < 4.78 is 4.66. The van der Waals surface area contributed by atoms with E-state index in [1.165, 1.54) is 7.11 Å². The summed E-state index contributed by atoms with van der Waals surface area (Å²) in [5.41, 5.74) is 0.992. The molecule has 1 aromatic carbocycles. The number of hydrogen-bond acceptors (Lipinski definition) is 3. The van der Waals surface area contributed by atoms with Gasteiger partial charge in [0.2, 0.25) is 0 Å². The molecule has 0 aromatic heterocycles. The van der Waals surface area contributed by atoms with Gasteiger partial charge in [-0.1, -0.05) is 18.5 Å². The Balaban J connectivity index is 2.80. The van der Waals surface area contributed by atoms with Crippen molar-refractivity contribution in [2.75, 3.05) is 12.4 Å². The van der Waals surface area contributed by atoms with Gasteiger partial charge in [-0.3, -0.25) is 0 Å². The summed E-state index contributed by atoms with van der Waals surface area (Å²) in [6.07, 6.45) is 0.968. The number of anilines is 1. The van der Waals surface area contributed by atoms with Crippen molar-refractivity contribution < 1.29 is 9.53 Å². The Morgan fingerprint density at radius 2 is 2.21 bits per heavy atom. The number of hydrogen-bond donors (Lipinski definition) is 2. The Morgan fingerprint density at radius 1 is 1.53 bits per heavy atom. The molecule has 0 bridgehead atoms. The smallest absolute Gasteiger partial charge is 0.339 e. The van der Waals surface area contributed by atoms with E-state index in [-0.39, 0.29) is 6.04 Å².